The molecule has 5 nitrogen and oxygen atoms in total. The summed E-state index contributed by atoms with van der Waals surface area (Å²) in [7, 11) is 0. The predicted octanol–water partition coefficient (Wildman–Crippen LogP) is 4.25. The first-order valence-electron chi connectivity index (χ1n) is 7.77. The number of hydrogen-bond acceptors (Lipinski definition) is 4. The zero-order valence-corrected chi connectivity index (χ0v) is 16.6. The minimum atomic E-state index is 0. The van der Waals surface area contributed by atoms with E-state index in [1.165, 1.54) is 0 Å². The normalized spacial score (nSPS) is 12.9. The van der Waals surface area contributed by atoms with E-state index in [2.05, 4.69) is 43.7 Å². The average Bonchev–Trinajstić information content (AvgIpc) is 3.26. The van der Waals surface area contributed by atoms with Gasteiger partial charge < -0.3 is 10.6 Å². The minimum absolute atomic E-state index is 0. The van der Waals surface area contributed by atoms with Crippen molar-refractivity contribution in [2.75, 3.05) is 18.4 Å². The summed E-state index contributed by atoms with van der Waals surface area (Å²) in [6.45, 7) is 1.63. The first kappa shape index (κ1) is 17.7. The van der Waals surface area contributed by atoms with Gasteiger partial charge in [-0.25, -0.2) is 4.68 Å². The van der Waals surface area contributed by atoms with E-state index in [0.29, 0.717) is 0 Å². The molecule has 0 fully saturated rings. The maximum atomic E-state index is 4.82. The van der Waals surface area contributed by atoms with Gasteiger partial charge in [0.25, 0.3) is 0 Å². The van der Waals surface area contributed by atoms with E-state index in [0.717, 1.165) is 46.3 Å². The minimum Gasteiger partial charge on any atom is -0.354 e. The highest BCUT2D eigenvalue weighted by atomic mass is 79.9. The summed E-state index contributed by atoms with van der Waals surface area (Å²) in [6, 6.07) is 20.2. The van der Waals surface area contributed by atoms with E-state index in [-0.39, 0.29) is 17.0 Å². The van der Waals surface area contributed by atoms with Crippen LogP contribution in [0.3, 0.4) is 0 Å². The molecule has 2 N–H and O–H groups in total. The summed E-state index contributed by atoms with van der Waals surface area (Å²) in [5.74, 6) is 1.63. The van der Waals surface area contributed by atoms with Gasteiger partial charge in [0.05, 0.1) is 16.7 Å². The van der Waals surface area contributed by atoms with Gasteiger partial charge in [-0.05, 0) is 28.1 Å². The van der Waals surface area contributed by atoms with E-state index in [9.17, 15) is 0 Å². The van der Waals surface area contributed by atoms with Gasteiger partial charge in [-0.1, -0.05) is 48.5 Å². The molecule has 0 atom stereocenters. The number of anilines is 1. The number of nitrogens with one attached hydrogen (secondary N) is 2. The molecule has 0 saturated heterocycles. The molecule has 1 aliphatic heterocycles. The first-order valence-corrected chi connectivity index (χ1v) is 8.57. The number of guanidine groups is 1. The lowest BCUT2D eigenvalue weighted by molar-refractivity contribution is 0.891. The van der Waals surface area contributed by atoms with Crippen LogP contribution in [0.1, 0.15) is 0 Å². The van der Waals surface area contributed by atoms with Gasteiger partial charge in [0.2, 0.25) is 0 Å². The lowest BCUT2D eigenvalue weighted by Gasteiger charge is -2.10. The Hall–Kier alpha value is -2.12. The van der Waals surface area contributed by atoms with E-state index < -0.39 is 0 Å². The van der Waals surface area contributed by atoms with Crippen LogP contribution >= 0.6 is 32.9 Å². The van der Waals surface area contributed by atoms with Gasteiger partial charge in [0, 0.05) is 12.1 Å². The van der Waals surface area contributed by atoms with Gasteiger partial charge in [-0.2, -0.15) is 5.10 Å². The van der Waals surface area contributed by atoms with Crippen LogP contribution in [0.2, 0.25) is 0 Å². The second-order valence-electron chi connectivity index (χ2n) is 5.41. The topological polar surface area (TPSA) is 54.2 Å². The van der Waals surface area contributed by atoms with Crippen molar-refractivity contribution in [3.63, 3.8) is 0 Å². The van der Waals surface area contributed by atoms with Crippen LogP contribution in [-0.2, 0) is 0 Å². The van der Waals surface area contributed by atoms with Crippen molar-refractivity contribution in [1.29, 1.82) is 0 Å². The van der Waals surface area contributed by atoms with Gasteiger partial charge in [0.15, 0.2) is 11.8 Å². The summed E-state index contributed by atoms with van der Waals surface area (Å²) in [5.41, 5.74) is 2.94. The number of nitrogens with zero attached hydrogens (tertiary/aromatic N) is 3. The number of halogens is 2. The molecule has 1 aliphatic rings. The number of hydrogen-bond donors (Lipinski definition) is 2. The Morgan fingerprint density at radius 3 is 2.32 bits per heavy atom. The lowest BCUT2D eigenvalue weighted by atomic mass is 10.1. The van der Waals surface area contributed by atoms with Crippen molar-refractivity contribution in [1.82, 2.24) is 15.1 Å². The van der Waals surface area contributed by atoms with E-state index in [4.69, 9.17) is 5.10 Å². The number of para-hydroxylation sites is 1. The van der Waals surface area contributed by atoms with Crippen molar-refractivity contribution < 1.29 is 0 Å². The van der Waals surface area contributed by atoms with Crippen LogP contribution in [0, 0.1) is 0 Å². The Morgan fingerprint density at radius 2 is 1.68 bits per heavy atom. The number of aromatic nitrogens is 2. The largest absolute Gasteiger partial charge is 0.354 e. The molecule has 4 rings (SSSR count). The molecule has 128 valence electrons. The fourth-order valence-corrected chi connectivity index (χ4v) is 3.21. The quantitative estimate of drug-likeness (QED) is 0.611. The Labute approximate surface area is 165 Å². The van der Waals surface area contributed by atoms with Gasteiger partial charge >= 0.3 is 0 Å². The highest BCUT2D eigenvalue weighted by Crippen LogP contribution is 2.35. The SMILES string of the molecule is Br.Brc1c(-c2ccccc2)nn(-c2ccccc2)c1NC1=NCCN1. The van der Waals surface area contributed by atoms with E-state index >= 15 is 0 Å². The zero-order valence-electron chi connectivity index (χ0n) is 13.3. The monoisotopic (exact) mass is 461 g/mol. The molecule has 0 unspecified atom stereocenters. The van der Waals surface area contributed by atoms with E-state index in [1.54, 1.807) is 0 Å². The van der Waals surface area contributed by atoms with Crippen LogP contribution in [0.15, 0.2) is 70.1 Å². The lowest BCUT2D eigenvalue weighted by Crippen LogP contribution is -2.27. The summed E-state index contributed by atoms with van der Waals surface area (Å²) < 4.78 is 2.81. The summed E-state index contributed by atoms with van der Waals surface area (Å²) in [6.07, 6.45) is 0. The third-order valence-electron chi connectivity index (χ3n) is 3.79. The van der Waals surface area contributed by atoms with Crippen LogP contribution in [0.5, 0.6) is 0 Å². The highest BCUT2D eigenvalue weighted by Gasteiger charge is 2.20. The van der Waals surface area contributed by atoms with Gasteiger partial charge in [-0.3, -0.25) is 4.99 Å². The van der Waals surface area contributed by atoms with Crippen molar-refractivity contribution in [3.8, 4) is 16.9 Å². The molecule has 25 heavy (non-hydrogen) atoms. The smallest absolute Gasteiger partial charge is 0.197 e. The second kappa shape index (κ2) is 7.84. The first-order chi connectivity index (χ1) is 11.8. The fourth-order valence-electron chi connectivity index (χ4n) is 2.64. The summed E-state index contributed by atoms with van der Waals surface area (Å²) in [5, 5.41) is 11.4. The molecule has 0 spiro atoms. The summed E-state index contributed by atoms with van der Waals surface area (Å²) in [4.78, 5) is 4.42. The van der Waals surface area contributed by atoms with Gasteiger partial charge in [-0.15, -0.1) is 17.0 Å². The van der Waals surface area contributed by atoms with Crippen molar-refractivity contribution in [2.24, 2.45) is 4.99 Å². The molecule has 0 aliphatic carbocycles. The Balaban J connectivity index is 0.00000182. The summed E-state index contributed by atoms with van der Waals surface area (Å²) >= 11 is 3.71. The average molecular weight is 463 g/mol. The molecular formula is C18H17Br2N5. The zero-order chi connectivity index (χ0) is 16.4. The molecule has 2 aromatic carbocycles. The molecule has 0 saturated carbocycles. The molecule has 3 aromatic rings. The van der Waals surface area contributed by atoms with Crippen LogP contribution < -0.4 is 10.6 Å². The molecular weight excluding hydrogens is 446 g/mol. The molecule has 1 aromatic heterocycles. The maximum absolute atomic E-state index is 4.82. The Morgan fingerprint density at radius 1 is 1.00 bits per heavy atom. The highest BCUT2D eigenvalue weighted by molar-refractivity contribution is 9.10. The van der Waals surface area contributed by atoms with E-state index in [1.807, 2.05) is 53.2 Å². The number of rotatable bonds is 3. The molecule has 0 bridgehead atoms. The fraction of sp³-hybridized carbons (Fsp3) is 0.111. The standard InChI is InChI=1S/C18H16BrN5.BrH/c19-15-16(13-7-3-1-4-8-13)23-24(14-9-5-2-6-10-14)17(15)22-18-20-11-12-21-18;/h1-10H,11-12H2,(H2,20,21,22);1H. The number of benzene rings is 2. The van der Waals surface area contributed by atoms with Crippen LogP contribution in [0.4, 0.5) is 5.82 Å². The molecule has 7 heteroatoms. The molecule has 0 radical (unpaired) electrons. The van der Waals surface area contributed by atoms with Crippen LogP contribution in [-0.4, -0.2) is 28.8 Å². The Bertz CT molecular complexity index is 875. The Kier molecular flexibility index (Phi) is 5.55. The third-order valence-corrected chi connectivity index (χ3v) is 4.54. The molecule has 2 heterocycles. The maximum Gasteiger partial charge on any atom is 0.197 e. The van der Waals surface area contributed by atoms with Crippen molar-refractivity contribution >= 4 is 44.7 Å². The van der Waals surface area contributed by atoms with Crippen molar-refractivity contribution in [2.45, 2.75) is 0 Å². The second-order valence-corrected chi connectivity index (χ2v) is 6.20. The third kappa shape index (κ3) is 3.62. The van der Waals surface area contributed by atoms with Gasteiger partial charge in [0.1, 0.15) is 5.69 Å². The molecule has 0 amide bonds. The van der Waals surface area contributed by atoms with Crippen molar-refractivity contribution in [3.05, 3.63) is 65.1 Å². The number of aliphatic imine (C=N–C) groups is 1. The van der Waals surface area contributed by atoms with Crippen LogP contribution in [0.25, 0.3) is 16.9 Å². The predicted molar refractivity (Wildman–Crippen MR) is 111 cm³/mol.